The van der Waals surface area contributed by atoms with Gasteiger partial charge in [-0.3, -0.25) is 9.82 Å². The number of pyridine rings is 1. The molecule has 90 valence electrons. The van der Waals surface area contributed by atoms with Gasteiger partial charge in [0.25, 0.3) is 10.0 Å². The van der Waals surface area contributed by atoms with Crippen molar-refractivity contribution < 1.29 is 8.42 Å². The van der Waals surface area contributed by atoms with E-state index < -0.39 is 10.0 Å². The molecule has 17 heavy (non-hydrogen) atoms. The maximum absolute atomic E-state index is 12.0. The number of hydrogen-bond donors (Lipinski definition) is 2. The van der Waals surface area contributed by atoms with Crippen molar-refractivity contribution in [1.82, 2.24) is 15.2 Å². The number of sulfonamides is 1. The maximum atomic E-state index is 12.0. The van der Waals surface area contributed by atoms with Gasteiger partial charge in [0.2, 0.25) is 0 Å². The molecule has 0 saturated carbocycles. The third kappa shape index (κ3) is 2.44. The van der Waals surface area contributed by atoms with Gasteiger partial charge < -0.3 is 0 Å². The second-order valence-electron chi connectivity index (χ2n) is 3.68. The van der Waals surface area contributed by atoms with Crippen LogP contribution in [0.15, 0.2) is 29.4 Å². The second-order valence-corrected chi connectivity index (χ2v) is 5.33. The molecular weight excluding hydrogens is 240 g/mol. The highest BCUT2D eigenvalue weighted by molar-refractivity contribution is 7.92. The highest BCUT2D eigenvalue weighted by Crippen LogP contribution is 2.16. The number of aromatic amines is 1. The number of hydrogen-bond acceptors (Lipinski definition) is 4. The minimum Gasteiger partial charge on any atom is -0.281 e. The van der Waals surface area contributed by atoms with Gasteiger partial charge in [-0.05, 0) is 31.5 Å². The number of aryl methyl sites for hydroxylation is 2. The smallest absolute Gasteiger partial charge is 0.266 e. The Balaban J connectivity index is 2.33. The molecule has 0 fully saturated rings. The lowest BCUT2D eigenvalue weighted by molar-refractivity contribution is 0.600. The molecule has 0 saturated heterocycles. The van der Waals surface area contributed by atoms with Gasteiger partial charge >= 0.3 is 0 Å². The van der Waals surface area contributed by atoms with Crippen LogP contribution in [-0.2, 0) is 10.0 Å². The Bertz CT molecular complexity index is 633. The van der Waals surface area contributed by atoms with Crippen LogP contribution in [0.1, 0.15) is 11.3 Å². The Labute approximate surface area is 99.1 Å². The summed E-state index contributed by atoms with van der Waals surface area (Å²) in [6.07, 6.45) is 2.82. The van der Waals surface area contributed by atoms with E-state index in [1.807, 2.05) is 6.92 Å². The number of aromatic nitrogens is 3. The lowest BCUT2D eigenvalue weighted by Crippen LogP contribution is -2.14. The molecule has 2 heterocycles. The first kappa shape index (κ1) is 11.6. The summed E-state index contributed by atoms with van der Waals surface area (Å²) in [5.74, 6) is 0.297. The monoisotopic (exact) mass is 252 g/mol. The first-order chi connectivity index (χ1) is 7.99. The van der Waals surface area contributed by atoms with E-state index in [-0.39, 0.29) is 4.90 Å². The first-order valence-corrected chi connectivity index (χ1v) is 6.43. The third-order valence-corrected chi connectivity index (χ3v) is 3.70. The molecule has 0 aliphatic rings. The van der Waals surface area contributed by atoms with Gasteiger partial charge in [-0.1, -0.05) is 0 Å². The summed E-state index contributed by atoms with van der Waals surface area (Å²) in [6.45, 7) is 3.51. The van der Waals surface area contributed by atoms with Crippen molar-refractivity contribution in [2.75, 3.05) is 4.72 Å². The fraction of sp³-hybridized carbons (Fsp3) is 0.200. The average Bonchev–Trinajstić information content (AvgIpc) is 2.64. The lowest BCUT2D eigenvalue weighted by Gasteiger charge is -2.06. The van der Waals surface area contributed by atoms with E-state index >= 15 is 0 Å². The van der Waals surface area contributed by atoms with Gasteiger partial charge in [-0.25, -0.2) is 13.4 Å². The van der Waals surface area contributed by atoms with Gasteiger partial charge in [-0.15, -0.1) is 0 Å². The Morgan fingerprint density at radius 1 is 1.35 bits per heavy atom. The van der Waals surface area contributed by atoms with Crippen LogP contribution in [0.25, 0.3) is 0 Å². The molecule has 0 bridgehead atoms. The minimum absolute atomic E-state index is 0.126. The zero-order valence-corrected chi connectivity index (χ0v) is 10.2. The molecule has 2 N–H and O–H groups in total. The third-order valence-electron chi connectivity index (χ3n) is 2.23. The number of anilines is 1. The Kier molecular flexibility index (Phi) is 2.84. The fourth-order valence-electron chi connectivity index (χ4n) is 1.40. The molecule has 2 aromatic heterocycles. The molecule has 0 aliphatic heterocycles. The quantitative estimate of drug-likeness (QED) is 0.859. The summed E-state index contributed by atoms with van der Waals surface area (Å²) in [5, 5.41) is 6.26. The van der Waals surface area contributed by atoms with E-state index in [0.29, 0.717) is 11.5 Å². The molecular formula is C10H12N4O2S. The van der Waals surface area contributed by atoms with Crippen molar-refractivity contribution >= 4 is 15.8 Å². The predicted molar refractivity (Wildman–Crippen MR) is 63.1 cm³/mol. The largest absolute Gasteiger partial charge is 0.281 e. The fourth-order valence-corrected chi connectivity index (χ4v) is 2.53. The molecule has 0 radical (unpaired) electrons. The van der Waals surface area contributed by atoms with Crippen molar-refractivity contribution in [3.8, 4) is 0 Å². The van der Waals surface area contributed by atoms with Crippen LogP contribution < -0.4 is 4.72 Å². The van der Waals surface area contributed by atoms with Crippen molar-refractivity contribution in [2.45, 2.75) is 18.7 Å². The predicted octanol–water partition coefficient (Wildman–Crippen LogP) is 1.22. The molecule has 0 unspecified atom stereocenters. The average molecular weight is 252 g/mol. The molecule has 2 rings (SSSR count). The van der Waals surface area contributed by atoms with Crippen molar-refractivity contribution in [3.05, 3.63) is 35.8 Å². The van der Waals surface area contributed by atoms with Crippen LogP contribution in [0.5, 0.6) is 0 Å². The summed E-state index contributed by atoms with van der Waals surface area (Å²) in [4.78, 5) is 4.07. The summed E-state index contributed by atoms with van der Waals surface area (Å²) in [6, 6.07) is 3.45. The Hall–Kier alpha value is -1.89. The minimum atomic E-state index is -3.62. The Morgan fingerprint density at radius 2 is 2.12 bits per heavy atom. The lowest BCUT2D eigenvalue weighted by atomic mass is 10.3. The number of rotatable bonds is 3. The molecule has 7 heteroatoms. The molecule has 0 aliphatic carbocycles. The van der Waals surface area contributed by atoms with E-state index in [0.717, 1.165) is 5.56 Å². The van der Waals surface area contributed by atoms with Gasteiger partial charge in [0.1, 0.15) is 10.7 Å². The number of nitrogens with one attached hydrogen (secondary N) is 2. The molecule has 6 nitrogen and oxygen atoms in total. The van der Waals surface area contributed by atoms with E-state index in [4.69, 9.17) is 0 Å². The van der Waals surface area contributed by atoms with Gasteiger partial charge in [0.05, 0.1) is 11.9 Å². The van der Waals surface area contributed by atoms with Gasteiger partial charge in [-0.2, -0.15) is 5.10 Å². The summed E-state index contributed by atoms with van der Waals surface area (Å²) < 4.78 is 26.4. The van der Waals surface area contributed by atoms with Crippen LogP contribution in [0.4, 0.5) is 5.82 Å². The van der Waals surface area contributed by atoms with Crippen molar-refractivity contribution in [3.63, 3.8) is 0 Å². The van der Waals surface area contributed by atoms with Crippen LogP contribution >= 0.6 is 0 Å². The summed E-state index contributed by atoms with van der Waals surface area (Å²) >= 11 is 0. The topological polar surface area (TPSA) is 87.7 Å². The highest BCUT2D eigenvalue weighted by atomic mass is 32.2. The number of nitrogens with zero attached hydrogens (tertiary/aromatic N) is 2. The molecule has 0 aromatic carbocycles. The SMILES string of the molecule is Cc1ccnc(NS(=O)(=O)c2cn[nH]c2C)c1. The van der Waals surface area contributed by atoms with Crippen LogP contribution in [0.3, 0.4) is 0 Å². The number of H-pyrrole nitrogens is 1. The van der Waals surface area contributed by atoms with Gasteiger partial charge in [0, 0.05) is 6.20 Å². The summed E-state index contributed by atoms with van der Waals surface area (Å²) in [7, 11) is -3.62. The maximum Gasteiger partial charge on any atom is 0.266 e. The van der Waals surface area contributed by atoms with Crippen molar-refractivity contribution in [1.29, 1.82) is 0 Å². The first-order valence-electron chi connectivity index (χ1n) is 4.94. The van der Waals surface area contributed by atoms with E-state index in [1.54, 1.807) is 25.3 Å². The van der Waals surface area contributed by atoms with E-state index in [2.05, 4.69) is 19.9 Å². The Morgan fingerprint density at radius 3 is 2.71 bits per heavy atom. The van der Waals surface area contributed by atoms with E-state index in [9.17, 15) is 8.42 Å². The molecule has 0 spiro atoms. The molecule has 0 atom stereocenters. The zero-order chi connectivity index (χ0) is 12.5. The van der Waals surface area contributed by atoms with Crippen LogP contribution in [-0.4, -0.2) is 23.6 Å². The molecule has 0 amide bonds. The van der Waals surface area contributed by atoms with Crippen LogP contribution in [0, 0.1) is 13.8 Å². The van der Waals surface area contributed by atoms with E-state index in [1.165, 1.54) is 6.20 Å². The standard InChI is InChI=1S/C10H12N4O2S/c1-7-3-4-11-10(5-7)14-17(15,16)9-6-12-13-8(9)2/h3-6H,1-2H3,(H,11,14)(H,12,13). The molecule has 2 aromatic rings. The van der Waals surface area contributed by atoms with Crippen LogP contribution in [0.2, 0.25) is 0 Å². The second kappa shape index (κ2) is 4.17. The normalized spacial score (nSPS) is 11.4. The zero-order valence-electron chi connectivity index (χ0n) is 9.43. The highest BCUT2D eigenvalue weighted by Gasteiger charge is 2.18. The van der Waals surface area contributed by atoms with Gasteiger partial charge in [0.15, 0.2) is 0 Å². The van der Waals surface area contributed by atoms with Crippen molar-refractivity contribution in [2.24, 2.45) is 0 Å². The summed E-state index contributed by atoms with van der Waals surface area (Å²) in [5.41, 5.74) is 1.42.